The second-order valence-corrected chi connectivity index (χ2v) is 7.66. The van der Waals surface area contributed by atoms with Crippen molar-refractivity contribution in [3.8, 4) is 22.8 Å². The molecule has 4 rings (SSSR count). The monoisotopic (exact) mass is 436 g/mol. The minimum Gasteiger partial charge on any atom is -0.497 e. The Morgan fingerprint density at radius 3 is 2.47 bits per heavy atom. The zero-order chi connectivity index (χ0) is 22.5. The summed E-state index contributed by atoms with van der Waals surface area (Å²) < 4.78 is 16.2. The molecule has 168 valence electrons. The maximum Gasteiger partial charge on any atom is 0.249 e. The van der Waals surface area contributed by atoms with Crippen molar-refractivity contribution in [3.63, 3.8) is 0 Å². The van der Waals surface area contributed by atoms with Crippen LogP contribution in [0.3, 0.4) is 0 Å². The first-order chi connectivity index (χ1) is 15.6. The number of hydrogen-bond acceptors (Lipinski definition) is 6. The van der Waals surface area contributed by atoms with Gasteiger partial charge in [0.05, 0.1) is 38.7 Å². The van der Waals surface area contributed by atoms with Gasteiger partial charge in [0.15, 0.2) is 0 Å². The molecule has 0 saturated carbocycles. The summed E-state index contributed by atoms with van der Waals surface area (Å²) in [7, 11) is 3.28. The first kappa shape index (κ1) is 21.7. The maximum atomic E-state index is 12.2. The van der Waals surface area contributed by atoms with Crippen LogP contribution < -0.4 is 20.1 Å². The summed E-state index contributed by atoms with van der Waals surface area (Å²) in [6, 6.07) is 13.5. The predicted octanol–water partition coefficient (Wildman–Crippen LogP) is 2.81. The number of benzene rings is 2. The topological polar surface area (TPSA) is 103 Å². The smallest absolute Gasteiger partial charge is 0.249 e. The third kappa shape index (κ3) is 4.70. The standard InChI is InChI=1S/C24H28N4O4/c1-30-18-12-16(13-19(15-18)31-2)6-7-17-14-21(27-26-17)23-20(24(25)29)4-3-5-22(23)28-8-10-32-11-9-28/h3-5,12-15H,6-11H2,1-2H3,(H2,25,29)(H,26,27). The van der Waals surface area contributed by atoms with E-state index >= 15 is 0 Å². The minimum atomic E-state index is -0.469. The van der Waals surface area contributed by atoms with Crippen LogP contribution in [0.5, 0.6) is 11.5 Å². The fourth-order valence-corrected chi connectivity index (χ4v) is 3.99. The van der Waals surface area contributed by atoms with Crippen LogP contribution in [-0.2, 0) is 17.6 Å². The molecule has 0 aliphatic carbocycles. The van der Waals surface area contributed by atoms with E-state index in [-0.39, 0.29) is 0 Å². The molecule has 1 saturated heterocycles. The molecule has 0 bridgehead atoms. The molecule has 32 heavy (non-hydrogen) atoms. The number of ether oxygens (including phenoxy) is 3. The number of carbonyl (C=O) groups is 1. The highest BCUT2D eigenvalue weighted by Crippen LogP contribution is 2.34. The summed E-state index contributed by atoms with van der Waals surface area (Å²) in [5.41, 5.74) is 10.6. The van der Waals surface area contributed by atoms with Gasteiger partial charge in [-0.3, -0.25) is 9.89 Å². The van der Waals surface area contributed by atoms with Crippen molar-refractivity contribution in [1.29, 1.82) is 0 Å². The molecule has 2 heterocycles. The molecular weight excluding hydrogens is 408 g/mol. The summed E-state index contributed by atoms with van der Waals surface area (Å²) in [6.07, 6.45) is 1.53. The number of nitrogens with one attached hydrogen (secondary N) is 1. The number of aryl methyl sites for hydroxylation is 2. The molecule has 0 radical (unpaired) electrons. The fourth-order valence-electron chi connectivity index (χ4n) is 3.99. The van der Waals surface area contributed by atoms with Crippen molar-refractivity contribution in [2.45, 2.75) is 12.8 Å². The Morgan fingerprint density at radius 1 is 1.09 bits per heavy atom. The Labute approximate surface area is 187 Å². The lowest BCUT2D eigenvalue weighted by Crippen LogP contribution is -2.36. The molecule has 3 N–H and O–H groups in total. The highest BCUT2D eigenvalue weighted by Gasteiger charge is 2.22. The summed E-state index contributed by atoms with van der Waals surface area (Å²) in [5.74, 6) is 1.05. The van der Waals surface area contributed by atoms with Crippen LogP contribution in [0.4, 0.5) is 5.69 Å². The second-order valence-electron chi connectivity index (χ2n) is 7.66. The van der Waals surface area contributed by atoms with Crippen molar-refractivity contribution < 1.29 is 19.0 Å². The number of nitrogens with zero attached hydrogens (tertiary/aromatic N) is 2. The molecule has 8 nitrogen and oxygen atoms in total. The molecule has 0 atom stereocenters. The Kier molecular flexibility index (Phi) is 6.61. The number of rotatable bonds is 8. The van der Waals surface area contributed by atoms with E-state index < -0.39 is 5.91 Å². The SMILES string of the molecule is COc1cc(CCc2cc(-c3c(C(N)=O)cccc3N3CCOCC3)n[nH]2)cc(OC)c1. The van der Waals surface area contributed by atoms with Gasteiger partial charge < -0.3 is 24.8 Å². The number of H-pyrrole nitrogens is 1. The van der Waals surface area contributed by atoms with Gasteiger partial charge in [-0.2, -0.15) is 5.10 Å². The Morgan fingerprint density at radius 2 is 1.81 bits per heavy atom. The number of amides is 1. The third-order valence-corrected chi connectivity index (χ3v) is 5.64. The van der Waals surface area contributed by atoms with Gasteiger partial charge >= 0.3 is 0 Å². The summed E-state index contributed by atoms with van der Waals surface area (Å²) in [4.78, 5) is 14.4. The summed E-state index contributed by atoms with van der Waals surface area (Å²) in [5, 5.41) is 7.64. The van der Waals surface area contributed by atoms with Crippen molar-refractivity contribution in [2.75, 3.05) is 45.4 Å². The molecule has 2 aromatic carbocycles. The predicted molar refractivity (Wildman–Crippen MR) is 123 cm³/mol. The third-order valence-electron chi connectivity index (χ3n) is 5.64. The molecule has 0 unspecified atom stereocenters. The van der Waals surface area contributed by atoms with Crippen LogP contribution >= 0.6 is 0 Å². The van der Waals surface area contributed by atoms with Gasteiger partial charge in [0.1, 0.15) is 11.5 Å². The first-order valence-electron chi connectivity index (χ1n) is 10.6. The largest absolute Gasteiger partial charge is 0.497 e. The highest BCUT2D eigenvalue weighted by molar-refractivity contribution is 6.02. The van der Waals surface area contributed by atoms with Crippen LogP contribution in [0.2, 0.25) is 0 Å². The van der Waals surface area contributed by atoms with Gasteiger partial charge in [-0.05, 0) is 48.7 Å². The molecule has 1 aliphatic heterocycles. The zero-order valence-electron chi connectivity index (χ0n) is 18.4. The van der Waals surface area contributed by atoms with E-state index in [0.717, 1.165) is 59.9 Å². The molecular formula is C24H28N4O4. The number of morpholine rings is 1. The number of nitrogens with two attached hydrogens (primary N) is 1. The lowest BCUT2D eigenvalue weighted by molar-refractivity contribution is 0.100. The van der Waals surface area contributed by atoms with Crippen molar-refractivity contribution in [1.82, 2.24) is 10.2 Å². The van der Waals surface area contributed by atoms with Gasteiger partial charge in [-0.1, -0.05) is 6.07 Å². The van der Waals surface area contributed by atoms with Gasteiger partial charge in [-0.15, -0.1) is 0 Å². The first-order valence-corrected chi connectivity index (χ1v) is 10.6. The number of anilines is 1. The molecule has 8 heteroatoms. The van der Waals surface area contributed by atoms with Crippen LogP contribution in [0.1, 0.15) is 21.6 Å². The van der Waals surface area contributed by atoms with Crippen LogP contribution in [0.25, 0.3) is 11.3 Å². The van der Waals surface area contributed by atoms with E-state index in [1.807, 2.05) is 36.4 Å². The highest BCUT2D eigenvalue weighted by atomic mass is 16.5. The van der Waals surface area contributed by atoms with Crippen molar-refractivity contribution in [2.24, 2.45) is 5.73 Å². The van der Waals surface area contributed by atoms with E-state index in [9.17, 15) is 4.79 Å². The number of aromatic amines is 1. The molecule has 3 aromatic rings. The van der Waals surface area contributed by atoms with Crippen molar-refractivity contribution in [3.05, 3.63) is 59.3 Å². The second kappa shape index (κ2) is 9.74. The molecule has 1 amide bonds. The Bertz CT molecular complexity index is 1070. The van der Waals surface area contributed by atoms with E-state index in [1.165, 1.54) is 0 Å². The van der Waals surface area contributed by atoms with Gasteiger partial charge in [0, 0.05) is 36.1 Å². The quantitative estimate of drug-likeness (QED) is 0.563. The van der Waals surface area contributed by atoms with Gasteiger partial charge in [0.2, 0.25) is 5.91 Å². The van der Waals surface area contributed by atoms with E-state index in [2.05, 4.69) is 15.1 Å². The fraction of sp³-hybridized carbons (Fsp3) is 0.333. The van der Waals surface area contributed by atoms with E-state index in [1.54, 1.807) is 20.3 Å². The normalized spacial score (nSPS) is 13.8. The Hall–Kier alpha value is -3.52. The van der Waals surface area contributed by atoms with Crippen LogP contribution in [0, 0.1) is 0 Å². The number of hydrogen-bond donors (Lipinski definition) is 2. The van der Waals surface area contributed by atoms with E-state index in [0.29, 0.717) is 24.5 Å². The average molecular weight is 437 g/mol. The number of aromatic nitrogens is 2. The van der Waals surface area contributed by atoms with Crippen LogP contribution in [-0.4, -0.2) is 56.6 Å². The molecule has 1 aliphatic rings. The molecule has 0 spiro atoms. The summed E-state index contributed by atoms with van der Waals surface area (Å²) in [6.45, 7) is 2.81. The van der Waals surface area contributed by atoms with Crippen LogP contribution in [0.15, 0.2) is 42.5 Å². The van der Waals surface area contributed by atoms with E-state index in [4.69, 9.17) is 19.9 Å². The number of methoxy groups -OCH3 is 2. The zero-order valence-corrected chi connectivity index (χ0v) is 18.4. The Balaban J connectivity index is 1.60. The number of carbonyl (C=O) groups excluding carboxylic acids is 1. The van der Waals surface area contributed by atoms with Gasteiger partial charge in [0.25, 0.3) is 0 Å². The number of primary amides is 1. The minimum absolute atomic E-state index is 0.463. The molecule has 1 fully saturated rings. The maximum absolute atomic E-state index is 12.2. The van der Waals surface area contributed by atoms with Gasteiger partial charge in [-0.25, -0.2) is 0 Å². The van der Waals surface area contributed by atoms with Crippen molar-refractivity contribution >= 4 is 11.6 Å². The average Bonchev–Trinajstić information content (AvgIpc) is 3.31. The molecule has 1 aromatic heterocycles. The lowest BCUT2D eigenvalue weighted by Gasteiger charge is -2.30. The summed E-state index contributed by atoms with van der Waals surface area (Å²) >= 11 is 0. The lowest BCUT2D eigenvalue weighted by atomic mass is 9.99.